The average molecular weight is 507 g/mol. The van der Waals surface area contributed by atoms with Crippen molar-refractivity contribution in [2.75, 3.05) is 23.7 Å². The van der Waals surface area contributed by atoms with Gasteiger partial charge in [0.1, 0.15) is 0 Å². The van der Waals surface area contributed by atoms with E-state index in [1.165, 1.54) is 24.8 Å². The van der Waals surface area contributed by atoms with Crippen LogP contribution < -0.4 is 10.6 Å². The Balaban J connectivity index is 1.19. The number of carbonyl (C=O) groups is 1. The number of imidazole rings is 1. The molecule has 1 fully saturated rings. The van der Waals surface area contributed by atoms with Crippen molar-refractivity contribution in [3.8, 4) is 11.5 Å². The van der Waals surface area contributed by atoms with Crippen LogP contribution in [0.1, 0.15) is 40.9 Å². The molecule has 4 N–H and O–H groups in total. The van der Waals surface area contributed by atoms with Gasteiger partial charge >= 0.3 is 0 Å². The molecular formula is C29H30N8O. The van der Waals surface area contributed by atoms with Crippen LogP contribution in [-0.2, 0) is 13.1 Å². The zero-order chi connectivity index (χ0) is 25.7. The molecule has 1 saturated heterocycles. The van der Waals surface area contributed by atoms with E-state index in [0.29, 0.717) is 35.1 Å². The number of nitrogens with one attached hydrogen (secondary N) is 4. The number of anilines is 2. The van der Waals surface area contributed by atoms with Crippen molar-refractivity contribution in [1.29, 1.82) is 0 Å². The largest absolute Gasteiger partial charge is 0.379 e. The molecule has 0 saturated carbocycles. The number of pyridine rings is 1. The second-order valence-corrected chi connectivity index (χ2v) is 9.61. The van der Waals surface area contributed by atoms with Gasteiger partial charge in [-0.2, -0.15) is 5.10 Å². The Morgan fingerprint density at radius 2 is 1.82 bits per heavy atom. The lowest BCUT2D eigenvalue weighted by atomic mass is 10.1. The van der Waals surface area contributed by atoms with Crippen molar-refractivity contribution in [3.63, 3.8) is 0 Å². The fourth-order valence-electron chi connectivity index (χ4n) is 4.91. The third-order valence-electron chi connectivity index (χ3n) is 6.86. The number of likely N-dealkylation sites (tertiary alicyclic amines) is 1. The van der Waals surface area contributed by atoms with Crippen LogP contribution in [0.15, 0.2) is 73.1 Å². The Hall–Kier alpha value is -4.50. The second-order valence-electron chi connectivity index (χ2n) is 9.61. The normalized spacial score (nSPS) is 14.0. The molecule has 192 valence electrons. The molecule has 6 rings (SSSR count). The van der Waals surface area contributed by atoms with E-state index in [2.05, 4.69) is 53.9 Å². The van der Waals surface area contributed by atoms with Crippen LogP contribution in [0.25, 0.3) is 22.6 Å². The fourth-order valence-corrected chi connectivity index (χ4v) is 4.91. The number of hydrogen-bond donors (Lipinski definition) is 4. The monoisotopic (exact) mass is 506 g/mol. The minimum atomic E-state index is -0.330. The molecule has 9 nitrogen and oxygen atoms in total. The molecule has 1 aliphatic rings. The van der Waals surface area contributed by atoms with E-state index in [1.807, 2.05) is 36.4 Å². The van der Waals surface area contributed by atoms with E-state index in [-0.39, 0.29) is 5.91 Å². The van der Waals surface area contributed by atoms with Crippen LogP contribution in [0.2, 0.25) is 0 Å². The first-order valence-electron chi connectivity index (χ1n) is 13.0. The van der Waals surface area contributed by atoms with Gasteiger partial charge in [-0.3, -0.25) is 14.8 Å². The molecule has 0 atom stereocenters. The van der Waals surface area contributed by atoms with Crippen molar-refractivity contribution in [2.45, 2.75) is 32.4 Å². The van der Waals surface area contributed by atoms with Crippen LogP contribution in [0.3, 0.4) is 0 Å². The summed E-state index contributed by atoms with van der Waals surface area (Å²) in [7, 11) is 0. The smallest absolute Gasteiger partial charge is 0.276 e. The Kier molecular flexibility index (Phi) is 6.82. The number of amides is 1. The highest BCUT2D eigenvalue weighted by atomic mass is 16.1. The van der Waals surface area contributed by atoms with Gasteiger partial charge in [-0.25, -0.2) is 9.97 Å². The number of rotatable bonds is 8. The zero-order valence-corrected chi connectivity index (χ0v) is 21.1. The molecule has 0 aliphatic carbocycles. The summed E-state index contributed by atoms with van der Waals surface area (Å²) in [5.74, 6) is 0.263. The molecule has 2 aromatic carbocycles. The number of fused-ring (bicyclic) bond motifs is 1. The lowest BCUT2D eigenvalue weighted by Crippen LogP contribution is -2.29. The molecule has 1 aliphatic heterocycles. The Morgan fingerprint density at radius 3 is 2.68 bits per heavy atom. The molecule has 4 heterocycles. The topological polar surface area (TPSA) is 115 Å². The number of piperidine rings is 1. The minimum absolute atomic E-state index is 0.308. The van der Waals surface area contributed by atoms with E-state index < -0.39 is 0 Å². The lowest BCUT2D eigenvalue weighted by molar-refractivity contribution is 0.102. The minimum Gasteiger partial charge on any atom is -0.379 e. The Labute approximate surface area is 220 Å². The molecule has 0 unspecified atom stereocenters. The van der Waals surface area contributed by atoms with Gasteiger partial charge in [0, 0.05) is 25.5 Å². The first kappa shape index (κ1) is 23.9. The summed E-state index contributed by atoms with van der Waals surface area (Å²) >= 11 is 0. The van der Waals surface area contributed by atoms with Gasteiger partial charge in [0.25, 0.3) is 5.91 Å². The number of aromatic amines is 2. The maximum absolute atomic E-state index is 13.2. The molecule has 38 heavy (non-hydrogen) atoms. The number of aromatic nitrogens is 5. The molecule has 9 heteroatoms. The molecular weight excluding hydrogens is 476 g/mol. The number of H-pyrrole nitrogens is 2. The van der Waals surface area contributed by atoms with E-state index in [1.54, 1.807) is 18.5 Å². The van der Waals surface area contributed by atoms with E-state index in [9.17, 15) is 4.79 Å². The van der Waals surface area contributed by atoms with Crippen LogP contribution in [0.4, 0.5) is 11.4 Å². The second kappa shape index (κ2) is 10.9. The Morgan fingerprint density at radius 1 is 0.947 bits per heavy atom. The highest BCUT2D eigenvalue weighted by molar-refractivity contribution is 6.07. The molecule has 0 radical (unpaired) electrons. The van der Waals surface area contributed by atoms with Crippen LogP contribution in [0, 0.1) is 0 Å². The zero-order valence-electron chi connectivity index (χ0n) is 21.1. The predicted octanol–water partition coefficient (Wildman–Crippen LogP) is 5.20. The van der Waals surface area contributed by atoms with Crippen molar-refractivity contribution in [2.24, 2.45) is 0 Å². The van der Waals surface area contributed by atoms with Crippen molar-refractivity contribution < 1.29 is 4.79 Å². The number of benzene rings is 2. The van der Waals surface area contributed by atoms with Gasteiger partial charge < -0.3 is 15.6 Å². The van der Waals surface area contributed by atoms with Gasteiger partial charge in [-0.1, -0.05) is 42.8 Å². The highest BCUT2D eigenvalue weighted by Crippen LogP contribution is 2.27. The summed E-state index contributed by atoms with van der Waals surface area (Å²) in [5, 5.41) is 13.5. The average Bonchev–Trinajstić information content (AvgIpc) is 3.59. The summed E-state index contributed by atoms with van der Waals surface area (Å²) < 4.78 is 0. The van der Waals surface area contributed by atoms with Crippen LogP contribution >= 0.6 is 0 Å². The quantitative estimate of drug-likeness (QED) is 0.230. The summed E-state index contributed by atoms with van der Waals surface area (Å²) in [4.78, 5) is 28.2. The maximum atomic E-state index is 13.2. The van der Waals surface area contributed by atoms with Gasteiger partial charge in [-0.15, -0.1) is 0 Å². The lowest BCUT2D eigenvalue weighted by Gasteiger charge is -2.26. The van der Waals surface area contributed by atoms with E-state index >= 15 is 0 Å². The van der Waals surface area contributed by atoms with Crippen LogP contribution in [0.5, 0.6) is 0 Å². The summed E-state index contributed by atoms with van der Waals surface area (Å²) in [6.45, 7) is 3.83. The third-order valence-corrected chi connectivity index (χ3v) is 6.86. The van der Waals surface area contributed by atoms with Crippen LogP contribution in [-0.4, -0.2) is 49.0 Å². The highest BCUT2D eigenvalue weighted by Gasteiger charge is 2.19. The number of nitrogens with zero attached hydrogens (tertiary/aromatic N) is 4. The SMILES string of the molecule is O=C(Nc1c[nH]nc1-c1nc2cc(CN3CCCCC3)ccc2[nH]1)c1ncccc1NCc1ccccc1. The van der Waals surface area contributed by atoms with Crippen molar-refractivity contribution in [3.05, 3.63) is 89.9 Å². The standard InChI is InChI=1S/C29H30N8O/c38-29(27-23(10-7-13-30-27)31-17-20-8-3-1-4-9-20)35-25-18-32-36-26(25)28-33-22-12-11-21(16-24(22)34-28)19-37-14-5-2-6-15-37/h1,3-4,7-13,16,18,31H,2,5-6,14-15,17,19H2,(H,32,36)(H,33,34)(H,35,38). The van der Waals surface area contributed by atoms with Crippen molar-refractivity contribution >= 4 is 28.3 Å². The van der Waals surface area contributed by atoms with Gasteiger partial charge in [0.15, 0.2) is 17.2 Å². The molecule has 0 spiro atoms. The van der Waals surface area contributed by atoms with Crippen molar-refractivity contribution in [1.82, 2.24) is 30.0 Å². The predicted molar refractivity (Wildman–Crippen MR) is 149 cm³/mol. The van der Waals surface area contributed by atoms with Gasteiger partial charge in [0.05, 0.1) is 22.4 Å². The number of hydrogen-bond acceptors (Lipinski definition) is 6. The molecule has 3 aromatic heterocycles. The molecule has 1 amide bonds. The first-order chi connectivity index (χ1) is 18.7. The fraction of sp³-hybridized carbons (Fsp3) is 0.241. The van der Waals surface area contributed by atoms with E-state index in [4.69, 9.17) is 4.98 Å². The molecule has 0 bridgehead atoms. The van der Waals surface area contributed by atoms with Gasteiger partial charge in [-0.05, 0) is 61.3 Å². The summed E-state index contributed by atoms with van der Waals surface area (Å²) in [6.07, 6.45) is 7.13. The third kappa shape index (κ3) is 5.28. The number of carbonyl (C=O) groups excluding carboxylic acids is 1. The molecule has 5 aromatic rings. The summed E-state index contributed by atoms with van der Waals surface area (Å²) in [5.41, 5.74) is 6.21. The maximum Gasteiger partial charge on any atom is 0.276 e. The van der Waals surface area contributed by atoms with Gasteiger partial charge in [0.2, 0.25) is 0 Å². The summed E-state index contributed by atoms with van der Waals surface area (Å²) in [6, 6.07) is 20.0. The first-order valence-corrected chi connectivity index (χ1v) is 13.0. The Bertz CT molecular complexity index is 1530. The van der Waals surface area contributed by atoms with E-state index in [0.717, 1.165) is 36.2 Å².